The van der Waals surface area contributed by atoms with Gasteiger partial charge in [0.2, 0.25) is 0 Å². The molecule has 1 aromatic heterocycles. The van der Waals surface area contributed by atoms with Crippen LogP contribution in [0.2, 0.25) is 0 Å². The first-order valence-electron chi connectivity index (χ1n) is 14.2. The summed E-state index contributed by atoms with van der Waals surface area (Å²) in [5, 5.41) is 14.6. The van der Waals surface area contributed by atoms with E-state index in [4.69, 9.17) is 4.74 Å². The Morgan fingerprint density at radius 1 is 1.00 bits per heavy atom. The van der Waals surface area contributed by atoms with E-state index in [0.717, 1.165) is 36.3 Å². The third-order valence-corrected chi connectivity index (χ3v) is 8.09. The van der Waals surface area contributed by atoms with Gasteiger partial charge in [-0.05, 0) is 65.9 Å². The summed E-state index contributed by atoms with van der Waals surface area (Å²) in [5.74, 6) is 0.265. The first-order valence-corrected chi connectivity index (χ1v) is 14.2. The van der Waals surface area contributed by atoms with Gasteiger partial charge in [-0.3, -0.25) is 14.5 Å². The zero-order valence-corrected chi connectivity index (χ0v) is 24.2. The van der Waals surface area contributed by atoms with Crippen molar-refractivity contribution >= 4 is 17.5 Å². The molecule has 0 saturated carbocycles. The lowest BCUT2D eigenvalue weighted by molar-refractivity contribution is 0.0820. The summed E-state index contributed by atoms with van der Waals surface area (Å²) in [6, 6.07) is 23.7. The fourth-order valence-corrected chi connectivity index (χ4v) is 5.86. The number of fused-ring (bicyclic) bond motifs is 1. The maximum Gasteiger partial charge on any atom is 0.277 e. The number of aliphatic hydroxyl groups excluding tert-OH is 1. The number of hydrogen-bond acceptors (Lipinski definition) is 6. The van der Waals surface area contributed by atoms with Crippen LogP contribution >= 0.6 is 0 Å². The number of likely N-dealkylation sites (tertiary alicyclic amines) is 1. The molecule has 1 saturated heterocycles. The van der Waals surface area contributed by atoms with Gasteiger partial charge in [-0.2, -0.15) is 5.10 Å². The van der Waals surface area contributed by atoms with E-state index in [1.807, 2.05) is 48.5 Å². The summed E-state index contributed by atoms with van der Waals surface area (Å²) in [4.78, 5) is 32.6. The van der Waals surface area contributed by atoms with E-state index >= 15 is 0 Å². The molecule has 2 aliphatic rings. The van der Waals surface area contributed by atoms with Gasteiger partial charge in [0.1, 0.15) is 11.4 Å². The largest absolute Gasteiger partial charge is 0.497 e. The highest BCUT2D eigenvalue weighted by molar-refractivity contribution is 6.09. The van der Waals surface area contributed by atoms with E-state index in [0.29, 0.717) is 47.9 Å². The van der Waals surface area contributed by atoms with Crippen molar-refractivity contribution in [1.82, 2.24) is 19.6 Å². The standard InChI is InChI=1S/C33H35N5O4/c1-35(2)32(40)30-29-17-19-37(33(41)31(29)38(34-30)25-12-14-27(42-3)15-13-25)24-10-8-22(9-11-24)28-7-5-4-6-23(28)20-36-18-16-26(39)21-36/h4-15,26,39H,16-21H2,1-3H3/t26-/m1/s1. The van der Waals surface area contributed by atoms with Crippen LogP contribution in [0.1, 0.15) is 38.5 Å². The molecule has 3 heterocycles. The third-order valence-electron chi connectivity index (χ3n) is 8.09. The molecule has 42 heavy (non-hydrogen) atoms. The van der Waals surface area contributed by atoms with Crippen LogP contribution in [0.3, 0.4) is 0 Å². The minimum absolute atomic E-state index is 0.196. The van der Waals surface area contributed by atoms with Crippen LogP contribution in [-0.4, -0.2) is 83.4 Å². The zero-order chi connectivity index (χ0) is 29.4. The van der Waals surface area contributed by atoms with E-state index in [1.54, 1.807) is 30.8 Å². The van der Waals surface area contributed by atoms with Crippen molar-refractivity contribution in [2.24, 2.45) is 0 Å². The molecular formula is C33H35N5O4. The maximum atomic E-state index is 14.1. The molecule has 0 unspecified atom stereocenters. The number of β-amino-alcohol motifs (C(OH)–C–C–N with tert-alkyl or cyclic N) is 1. The number of aromatic nitrogens is 2. The number of rotatable bonds is 7. The molecular weight excluding hydrogens is 530 g/mol. The van der Waals surface area contributed by atoms with Crippen molar-refractivity contribution in [3.8, 4) is 22.6 Å². The molecule has 2 amide bonds. The Labute approximate surface area is 245 Å². The number of hydrogen-bond donors (Lipinski definition) is 1. The van der Waals surface area contributed by atoms with Gasteiger partial charge in [-0.25, -0.2) is 4.68 Å². The second-order valence-electron chi connectivity index (χ2n) is 11.1. The number of methoxy groups -OCH3 is 1. The maximum absolute atomic E-state index is 14.1. The Hall–Kier alpha value is -4.47. The lowest BCUT2D eigenvalue weighted by Gasteiger charge is -2.28. The second kappa shape index (κ2) is 11.4. The molecule has 1 N–H and O–H groups in total. The van der Waals surface area contributed by atoms with Crippen molar-refractivity contribution in [3.05, 3.63) is 95.3 Å². The monoisotopic (exact) mass is 565 g/mol. The molecule has 9 nitrogen and oxygen atoms in total. The van der Waals surface area contributed by atoms with Crippen LogP contribution in [0.25, 0.3) is 16.8 Å². The Morgan fingerprint density at radius 2 is 1.71 bits per heavy atom. The highest BCUT2D eigenvalue weighted by Gasteiger charge is 2.35. The average molecular weight is 566 g/mol. The van der Waals surface area contributed by atoms with E-state index < -0.39 is 0 Å². The first kappa shape index (κ1) is 27.7. The second-order valence-corrected chi connectivity index (χ2v) is 11.1. The van der Waals surface area contributed by atoms with E-state index in [2.05, 4.69) is 34.3 Å². The summed E-state index contributed by atoms with van der Waals surface area (Å²) in [6.07, 6.45) is 1.07. The molecule has 9 heteroatoms. The van der Waals surface area contributed by atoms with Crippen molar-refractivity contribution < 1.29 is 19.4 Å². The van der Waals surface area contributed by atoms with Gasteiger partial charge in [-0.15, -0.1) is 0 Å². The van der Waals surface area contributed by atoms with Crippen molar-refractivity contribution in [2.45, 2.75) is 25.5 Å². The summed E-state index contributed by atoms with van der Waals surface area (Å²) in [6.45, 7) is 2.82. The molecule has 216 valence electrons. The van der Waals surface area contributed by atoms with Crippen LogP contribution < -0.4 is 9.64 Å². The fraction of sp³-hybridized carbons (Fsp3) is 0.303. The van der Waals surface area contributed by atoms with Crippen LogP contribution in [0.4, 0.5) is 5.69 Å². The lowest BCUT2D eigenvalue weighted by Crippen LogP contribution is -2.39. The molecule has 2 aliphatic heterocycles. The average Bonchev–Trinajstić information content (AvgIpc) is 3.61. The van der Waals surface area contributed by atoms with Crippen LogP contribution in [0.15, 0.2) is 72.8 Å². The van der Waals surface area contributed by atoms with Gasteiger partial charge >= 0.3 is 0 Å². The van der Waals surface area contributed by atoms with Gasteiger partial charge in [0.15, 0.2) is 5.69 Å². The predicted molar refractivity (Wildman–Crippen MR) is 161 cm³/mol. The Bertz CT molecular complexity index is 1610. The molecule has 1 fully saturated rings. The Balaban J connectivity index is 1.31. The SMILES string of the molecule is COc1ccc(-n2nc(C(=O)N(C)C)c3c2C(=O)N(c2ccc(-c4ccccc4CN4CC[C@@H](O)C4)cc2)CC3)cc1. The summed E-state index contributed by atoms with van der Waals surface area (Å²) >= 11 is 0. The molecule has 6 rings (SSSR count). The summed E-state index contributed by atoms with van der Waals surface area (Å²) in [5.41, 5.74) is 6.26. The number of carbonyl (C=O) groups excluding carboxylic acids is 2. The van der Waals surface area contributed by atoms with Crippen LogP contribution in [0.5, 0.6) is 5.75 Å². The molecule has 4 aromatic rings. The summed E-state index contributed by atoms with van der Waals surface area (Å²) in [7, 11) is 4.97. The zero-order valence-electron chi connectivity index (χ0n) is 24.2. The topological polar surface area (TPSA) is 91.1 Å². The normalized spacial score (nSPS) is 16.9. The smallest absolute Gasteiger partial charge is 0.277 e. The van der Waals surface area contributed by atoms with Gasteiger partial charge in [0.25, 0.3) is 11.8 Å². The first-order chi connectivity index (χ1) is 20.3. The van der Waals surface area contributed by atoms with Gasteiger partial charge < -0.3 is 19.6 Å². The summed E-state index contributed by atoms with van der Waals surface area (Å²) < 4.78 is 6.88. The van der Waals surface area contributed by atoms with Crippen molar-refractivity contribution in [2.75, 3.05) is 45.7 Å². The molecule has 1 atom stereocenters. The minimum atomic E-state index is -0.253. The van der Waals surface area contributed by atoms with Crippen LogP contribution in [0, 0.1) is 0 Å². The van der Waals surface area contributed by atoms with Gasteiger partial charge in [0.05, 0.1) is 18.9 Å². The fourth-order valence-electron chi connectivity index (χ4n) is 5.86. The highest BCUT2D eigenvalue weighted by Crippen LogP contribution is 2.32. The number of aliphatic hydroxyl groups is 1. The van der Waals surface area contributed by atoms with Gasteiger partial charge in [0, 0.05) is 51.5 Å². The minimum Gasteiger partial charge on any atom is -0.497 e. The number of benzene rings is 3. The number of nitrogens with zero attached hydrogens (tertiary/aromatic N) is 5. The molecule has 0 radical (unpaired) electrons. The van der Waals surface area contributed by atoms with E-state index in [1.165, 1.54) is 10.5 Å². The van der Waals surface area contributed by atoms with E-state index in [-0.39, 0.29) is 17.9 Å². The van der Waals surface area contributed by atoms with E-state index in [9.17, 15) is 14.7 Å². The van der Waals surface area contributed by atoms with Crippen LogP contribution in [-0.2, 0) is 13.0 Å². The quantitative estimate of drug-likeness (QED) is 0.364. The Kier molecular flexibility index (Phi) is 7.53. The third kappa shape index (κ3) is 5.17. The van der Waals surface area contributed by atoms with Crippen molar-refractivity contribution in [1.29, 1.82) is 0 Å². The number of amides is 2. The molecule has 0 spiro atoms. The molecule has 0 aliphatic carbocycles. The lowest BCUT2D eigenvalue weighted by atomic mass is 9.98. The van der Waals surface area contributed by atoms with Gasteiger partial charge in [-0.1, -0.05) is 36.4 Å². The van der Waals surface area contributed by atoms with Crippen molar-refractivity contribution in [3.63, 3.8) is 0 Å². The molecule has 0 bridgehead atoms. The predicted octanol–water partition coefficient (Wildman–Crippen LogP) is 4.02. The molecule has 3 aromatic carbocycles. The number of carbonyl (C=O) groups is 2. The number of ether oxygens (including phenoxy) is 1. The Morgan fingerprint density at radius 3 is 2.38 bits per heavy atom. The number of anilines is 1. The highest BCUT2D eigenvalue weighted by atomic mass is 16.5.